The Hall–Kier alpha value is -2.76. The van der Waals surface area contributed by atoms with Crippen molar-refractivity contribution in [3.05, 3.63) is 53.1 Å². The molecule has 1 atom stereocenters. The molecule has 5 nitrogen and oxygen atoms in total. The van der Waals surface area contributed by atoms with Crippen molar-refractivity contribution in [1.29, 1.82) is 0 Å². The highest BCUT2D eigenvalue weighted by Crippen LogP contribution is 2.39. The largest absolute Gasteiger partial charge is 0.416 e. The Morgan fingerprint density at radius 3 is 2.09 bits per heavy atom. The standard InChI is InChI=1S/C20H18F6N2O3S/c1-3-18(29)28-11(2)6-12-7-16(4-5-17(12)28)32(30,31)27-15-9-13(19(21,22)23)8-14(10-15)20(24,25)26/h4-5,7-11,27H,3,6H2,1-2H3/t11-/m1/s1. The highest BCUT2D eigenvalue weighted by molar-refractivity contribution is 7.92. The zero-order valence-electron chi connectivity index (χ0n) is 16.8. The lowest BCUT2D eigenvalue weighted by Crippen LogP contribution is -2.35. The fourth-order valence-electron chi connectivity index (χ4n) is 3.55. The van der Waals surface area contributed by atoms with Crippen LogP contribution in [-0.2, 0) is 33.6 Å². The van der Waals surface area contributed by atoms with Crippen molar-refractivity contribution in [2.24, 2.45) is 0 Å². The molecule has 0 aromatic heterocycles. The molecule has 0 aliphatic carbocycles. The van der Waals surface area contributed by atoms with Gasteiger partial charge in [-0.25, -0.2) is 8.42 Å². The van der Waals surface area contributed by atoms with Gasteiger partial charge < -0.3 is 4.90 Å². The Kier molecular flexibility index (Phi) is 5.96. The Balaban J connectivity index is 1.99. The predicted octanol–water partition coefficient (Wildman–Crippen LogP) is 5.21. The fourth-order valence-corrected chi connectivity index (χ4v) is 4.64. The third-order valence-corrected chi connectivity index (χ3v) is 6.37. The van der Waals surface area contributed by atoms with Crippen LogP contribution in [-0.4, -0.2) is 20.4 Å². The van der Waals surface area contributed by atoms with Crippen LogP contribution >= 0.6 is 0 Å². The number of rotatable bonds is 4. The molecule has 1 heterocycles. The molecule has 1 aliphatic heterocycles. The molecule has 0 saturated carbocycles. The number of hydrogen-bond acceptors (Lipinski definition) is 3. The maximum Gasteiger partial charge on any atom is 0.416 e. The van der Waals surface area contributed by atoms with Crippen LogP contribution in [0.15, 0.2) is 41.3 Å². The average molecular weight is 480 g/mol. The van der Waals surface area contributed by atoms with E-state index in [0.717, 1.165) is 6.07 Å². The van der Waals surface area contributed by atoms with Gasteiger partial charge in [-0.3, -0.25) is 9.52 Å². The van der Waals surface area contributed by atoms with Crippen LogP contribution in [0, 0.1) is 0 Å². The summed E-state index contributed by atoms with van der Waals surface area (Å²) in [6.45, 7) is 3.46. The van der Waals surface area contributed by atoms with Gasteiger partial charge in [0.05, 0.1) is 21.7 Å². The maximum absolute atomic E-state index is 13.0. The molecular weight excluding hydrogens is 462 g/mol. The van der Waals surface area contributed by atoms with Crippen LogP contribution in [0.4, 0.5) is 37.7 Å². The van der Waals surface area contributed by atoms with Crippen molar-refractivity contribution in [3.8, 4) is 0 Å². The Labute approximate surface area is 180 Å². The highest BCUT2D eigenvalue weighted by atomic mass is 32.2. The molecule has 174 valence electrons. The summed E-state index contributed by atoms with van der Waals surface area (Å²) in [6, 6.07) is 4.08. The molecule has 0 saturated heterocycles. The molecule has 12 heteroatoms. The topological polar surface area (TPSA) is 66.5 Å². The van der Waals surface area contributed by atoms with Crippen LogP contribution in [0.3, 0.4) is 0 Å². The normalized spacial score (nSPS) is 16.8. The molecule has 0 bridgehead atoms. The first-order chi connectivity index (χ1) is 14.6. The number of fused-ring (bicyclic) bond motifs is 1. The Morgan fingerprint density at radius 1 is 1.03 bits per heavy atom. The monoisotopic (exact) mass is 480 g/mol. The number of halogens is 6. The van der Waals surface area contributed by atoms with Crippen LogP contribution in [0.5, 0.6) is 0 Å². The third-order valence-electron chi connectivity index (χ3n) is 4.99. The second kappa shape index (κ2) is 7.98. The lowest BCUT2D eigenvalue weighted by molar-refractivity contribution is -0.143. The van der Waals surface area contributed by atoms with Gasteiger partial charge in [0, 0.05) is 18.2 Å². The SMILES string of the molecule is CCC(=O)N1c2ccc(S(=O)(=O)Nc3cc(C(F)(F)F)cc(C(F)(F)F)c3)cc2C[C@H]1C. The zero-order valence-corrected chi connectivity index (χ0v) is 17.6. The van der Waals surface area contributed by atoms with Crippen molar-refractivity contribution in [2.75, 3.05) is 9.62 Å². The molecule has 3 rings (SSSR count). The number of benzene rings is 2. The maximum atomic E-state index is 13.0. The molecular formula is C20H18F6N2O3S. The second-order valence-corrected chi connectivity index (χ2v) is 9.04. The van der Waals surface area contributed by atoms with Gasteiger partial charge >= 0.3 is 12.4 Å². The van der Waals surface area contributed by atoms with E-state index < -0.39 is 39.2 Å². The van der Waals surface area contributed by atoms with Gasteiger partial charge in [-0.2, -0.15) is 26.3 Å². The summed E-state index contributed by atoms with van der Waals surface area (Å²) in [6.07, 6.45) is -9.63. The van der Waals surface area contributed by atoms with Gasteiger partial charge in [0.2, 0.25) is 5.91 Å². The van der Waals surface area contributed by atoms with Gasteiger partial charge in [-0.15, -0.1) is 0 Å². The molecule has 0 fully saturated rings. The van der Waals surface area contributed by atoms with E-state index in [2.05, 4.69) is 0 Å². The average Bonchev–Trinajstić information content (AvgIpc) is 3.00. The van der Waals surface area contributed by atoms with Crippen molar-refractivity contribution >= 4 is 27.3 Å². The summed E-state index contributed by atoms with van der Waals surface area (Å²) in [4.78, 5) is 13.3. The first-order valence-electron chi connectivity index (χ1n) is 9.40. The number of nitrogens with one attached hydrogen (secondary N) is 1. The number of amides is 1. The summed E-state index contributed by atoms with van der Waals surface area (Å²) in [5, 5.41) is 0. The van der Waals surface area contributed by atoms with Gasteiger partial charge in [0.1, 0.15) is 0 Å². The number of sulfonamides is 1. The van der Waals surface area contributed by atoms with E-state index in [0.29, 0.717) is 29.8 Å². The van der Waals surface area contributed by atoms with E-state index in [1.54, 1.807) is 18.6 Å². The van der Waals surface area contributed by atoms with Gasteiger partial charge in [0.15, 0.2) is 0 Å². The Morgan fingerprint density at radius 2 is 1.59 bits per heavy atom. The van der Waals surface area contributed by atoms with Crippen molar-refractivity contribution in [2.45, 2.75) is 50.0 Å². The summed E-state index contributed by atoms with van der Waals surface area (Å²) in [5.41, 5.74) is -3.10. The molecule has 1 amide bonds. The number of carbonyl (C=O) groups is 1. The molecule has 2 aromatic rings. The molecule has 32 heavy (non-hydrogen) atoms. The van der Waals surface area contributed by atoms with E-state index in [9.17, 15) is 39.6 Å². The zero-order chi connectivity index (χ0) is 24.1. The van der Waals surface area contributed by atoms with Crippen LogP contribution in [0.2, 0.25) is 0 Å². The van der Waals surface area contributed by atoms with Crippen LogP contribution in [0.1, 0.15) is 37.0 Å². The molecule has 1 N–H and O–H groups in total. The quantitative estimate of drug-likeness (QED) is 0.611. The van der Waals surface area contributed by atoms with Crippen molar-refractivity contribution < 1.29 is 39.6 Å². The molecule has 0 radical (unpaired) electrons. The molecule has 0 spiro atoms. The highest BCUT2D eigenvalue weighted by Gasteiger charge is 2.37. The molecule has 0 unspecified atom stereocenters. The summed E-state index contributed by atoms with van der Waals surface area (Å²) in [5.74, 6) is -0.159. The van der Waals surface area contributed by atoms with Crippen LogP contribution in [0.25, 0.3) is 0 Å². The number of nitrogens with zero attached hydrogens (tertiary/aromatic N) is 1. The lowest BCUT2D eigenvalue weighted by Gasteiger charge is -2.22. The lowest BCUT2D eigenvalue weighted by atomic mass is 10.1. The number of alkyl halides is 6. The first-order valence-corrected chi connectivity index (χ1v) is 10.9. The fraction of sp³-hybridized carbons (Fsp3) is 0.350. The van der Waals surface area contributed by atoms with Gasteiger partial charge in [0.25, 0.3) is 10.0 Å². The van der Waals surface area contributed by atoms with Crippen LogP contribution < -0.4 is 9.62 Å². The summed E-state index contributed by atoms with van der Waals surface area (Å²) < 4.78 is 105. The minimum Gasteiger partial charge on any atom is -0.309 e. The van der Waals surface area contributed by atoms with E-state index in [4.69, 9.17) is 0 Å². The van der Waals surface area contributed by atoms with E-state index >= 15 is 0 Å². The van der Waals surface area contributed by atoms with Crippen molar-refractivity contribution in [1.82, 2.24) is 0 Å². The molecule has 1 aliphatic rings. The second-order valence-electron chi connectivity index (χ2n) is 7.36. The smallest absolute Gasteiger partial charge is 0.309 e. The first kappa shape index (κ1) is 23.9. The van der Waals surface area contributed by atoms with E-state index in [-0.39, 0.29) is 29.3 Å². The predicted molar refractivity (Wildman–Crippen MR) is 105 cm³/mol. The Bertz CT molecular complexity index is 1130. The minimum absolute atomic E-state index is 0.0894. The van der Waals surface area contributed by atoms with Crippen molar-refractivity contribution in [3.63, 3.8) is 0 Å². The van der Waals surface area contributed by atoms with E-state index in [1.807, 2.05) is 0 Å². The summed E-state index contributed by atoms with van der Waals surface area (Å²) >= 11 is 0. The minimum atomic E-state index is -5.11. The van der Waals surface area contributed by atoms with Gasteiger partial charge in [-0.1, -0.05) is 6.92 Å². The number of hydrogen-bond donors (Lipinski definition) is 1. The molecule has 2 aromatic carbocycles. The van der Waals surface area contributed by atoms with E-state index in [1.165, 1.54) is 17.0 Å². The number of carbonyl (C=O) groups excluding carboxylic acids is 1. The van der Waals surface area contributed by atoms with Gasteiger partial charge in [-0.05, 0) is 55.3 Å². The third kappa shape index (κ3) is 4.69. The summed E-state index contributed by atoms with van der Waals surface area (Å²) in [7, 11) is -4.51. The number of anilines is 2.